The summed E-state index contributed by atoms with van der Waals surface area (Å²) in [4.78, 5) is 3.93. The molecule has 2 N–H and O–H groups in total. The Hall–Kier alpha value is -1.68. The third-order valence-electron chi connectivity index (χ3n) is 2.55. The van der Waals surface area contributed by atoms with Gasteiger partial charge >= 0.3 is 0 Å². The van der Waals surface area contributed by atoms with Gasteiger partial charge in [0.1, 0.15) is 12.7 Å². The molecule has 0 spiro atoms. The lowest BCUT2D eigenvalue weighted by Crippen LogP contribution is -2.18. The average molecular weight is 216 g/mol. The van der Waals surface area contributed by atoms with Crippen molar-refractivity contribution in [3.63, 3.8) is 0 Å². The summed E-state index contributed by atoms with van der Waals surface area (Å²) >= 11 is 0. The molecule has 0 radical (unpaired) electrons. The van der Waals surface area contributed by atoms with Gasteiger partial charge in [0.15, 0.2) is 0 Å². The van der Waals surface area contributed by atoms with Crippen molar-refractivity contribution >= 4 is 0 Å². The number of rotatable bonds is 3. The van der Waals surface area contributed by atoms with Crippen LogP contribution in [0, 0.1) is 6.92 Å². The van der Waals surface area contributed by atoms with Gasteiger partial charge < -0.3 is 5.73 Å². The van der Waals surface area contributed by atoms with Gasteiger partial charge in [-0.2, -0.15) is 5.10 Å². The summed E-state index contributed by atoms with van der Waals surface area (Å²) in [6.45, 7) is 4.11. The Bertz CT molecular complexity index is 460. The summed E-state index contributed by atoms with van der Waals surface area (Å²) in [6.07, 6.45) is 4.13. The number of aryl methyl sites for hydroxylation is 1. The zero-order valence-electron chi connectivity index (χ0n) is 9.59. The number of hydrogen-bond acceptors (Lipinski definition) is 3. The molecular formula is C12H16N4. The van der Waals surface area contributed by atoms with Crippen LogP contribution in [-0.2, 0) is 6.42 Å². The Balaban J connectivity index is 2.29. The monoisotopic (exact) mass is 216 g/mol. The smallest absolute Gasteiger partial charge is 0.138 e. The van der Waals surface area contributed by atoms with Crippen LogP contribution in [0.5, 0.6) is 0 Å². The first-order chi connectivity index (χ1) is 7.66. The second-order valence-electron chi connectivity index (χ2n) is 4.13. The summed E-state index contributed by atoms with van der Waals surface area (Å²) in [5, 5.41) is 4.10. The third kappa shape index (κ3) is 2.28. The average Bonchev–Trinajstić information content (AvgIpc) is 2.73. The Morgan fingerprint density at radius 2 is 2.25 bits per heavy atom. The van der Waals surface area contributed by atoms with E-state index < -0.39 is 0 Å². The lowest BCUT2D eigenvalue weighted by Gasteiger charge is -2.10. The molecule has 0 aliphatic heterocycles. The fraction of sp³-hybridized carbons (Fsp3) is 0.333. The second-order valence-corrected chi connectivity index (χ2v) is 4.13. The van der Waals surface area contributed by atoms with E-state index >= 15 is 0 Å². The van der Waals surface area contributed by atoms with Gasteiger partial charge in [-0.05, 0) is 43.5 Å². The summed E-state index contributed by atoms with van der Waals surface area (Å²) in [7, 11) is 0. The highest BCUT2D eigenvalue weighted by Gasteiger charge is 2.04. The van der Waals surface area contributed by atoms with Crippen molar-refractivity contribution in [1.82, 2.24) is 14.8 Å². The van der Waals surface area contributed by atoms with Crippen molar-refractivity contribution in [3.05, 3.63) is 42.0 Å². The molecule has 1 unspecified atom stereocenters. The Morgan fingerprint density at radius 3 is 2.81 bits per heavy atom. The molecule has 1 aromatic heterocycles. The molecule has 4 heteroatoms. The standard InChI is InChI=1S/C12H16N4/c1-9-5-12(16-8-14-7-15-16)4-3-11(9)6-10(2)13/h3-5,7-8,10H,6,13H2,1-2H3. The molecule has 1 aromatic carbocycles. The maximum absolute atomic E-state index is 5.80. The highest BCUT2D eigenvalue weighted by molar-refractivity contribution is 5.39. The number of benzene rings is 1. The minimum atomic E-state index is 0.191. The van der Waals surface area contributed by atoms with Crippen LogP contribution in [0.1, 0.15) is 18.1 Å². The topological polar surface area (TPSA) is 56.7 Å². The molecular weight excluding hydrogens is 200 g/mol. The molecule has 0 saturated carbocycles. The van der Waals surface area contributed by atoms with Crippen LogP contribution in [-0.4, -0.2) is 20.8 Å². The first-order valence-electron chi connectivity index (χ1n) is 5.37. The number of aromatic nitrogens is 3. The van der Waals surface area contributed by atoms with Crippen LogP contribution in [0.4, 0.5) is 0 Å². The maximum atomic E-state index is 5.80. The Kier molecular flexibility index (Phi) is 3.01. The maximum Gasteiger partial charge on any atom is 0.138 e. The second kappa shape index (κ2) is 4.45. The van der Waals surface area contributed by atoms with Crippen molar-refractivity contribution in [2.75, 3.05) is 0 Å². The van der Waals surface area contributed by atoms with Crippen LogP contribution in [0.3, 0.4) is 0 Å². The van der Waals surface area contributed by atoms with Crippen molar-refractivity contribution < 1.29 is 0 Å². The van der Waals surface area contributed by atoms with E-state index in [4.69, 9.17) is 5.73 Å². The molecule has 1 atom stereocenters. The fourth-order valence-corrected chi connectivity index (χ4v) is 1.74. The summed E-state index contributed by atoms with van der Waals surface area (Å²) in [5.74, 6) is 0. The highest BCUT2D eigenvalue weighted by atomic mass is 15.3. The molecule has 0 saturated heterocycles. The Labute approximate surface area is 95.1 Å². The van der Waals surface area contributed by atoms with Gasteiger partial charge in [-0.1, -0.05) is 6.07 Å². The molecule has 1 heterocycles. The fourth-order valence-electron chi connectivity index (χ4n) is 1.74. The van der Waals surface area contributed by atoms with E-state index in [1.165, 1.54) is 17.5 Å². The van der Waals surface area contributed by atoms with Crippen LogP contribution >= 0.6 is 0 Å². The summed E-state index contributed by atoms with van der Waals surface area (Å²) in [5.41, 5.74) is 9.36. The van der Waals surface area contributed by atoms with E-state index in [0.717, 1.165) is 12.1 Å². The number of hydrogen-bond donors (Lipinski definition) is 1. The molecule has 0 bridgehead atoms. The molecule has 16 heavy (non-hydrogen) atoms. The SMILES string of the molecule is Cc1cc(-n2cncn2)ccc1CC(C)N. The lowest BCUT2D eigenvalue weighted by atomic mass is 10.0. The van der Waals surface area contributed by atoms with Gasteiger partial charge in [0, 0.05) is 6.04 Å². The first kappa shape index (κ1) is 10.8. The van der Waals surface area contributed by atoms with Gasteiger partial charge in [-0.15, -0.1) is 0 Å². The number of nitrogens with two attached hydrogens (primary N) is 1. The number of nitrogens with zero attached hydrogens (tertiary/aromatic N) is 3. The molecule has 84 valence electrons. The van der Waals surface area contributed by atoms with E-state index in [-0.39, 0.29) is 6.04 Å². The zero-order chi connectivity index (χ0) is 11.5. The molecule has 4 nitrogen and oxygen atoms in total. The van der Waals surface area contributed by atoms with Gasteiger partial charge in [0.25, 0.3) is 0 Å². The molecule has 0 fully saturated rings. The normalized spacial score (nSPS) is 12.7. The van der Waals surface area contributed by atoms with Crippen molar-refractivity contribution in [2.45, 2.75) is 26.3 Å². The van der Waals surface area contributed by atoms with Crippen LogP contribution < -0.4 is 5.73 Å². The molecule has 2 rings (SSSR count). The zero-order valence-corrected chi connectivity index (χ0v) is 9.59. The van der Waals surface area contributed by atoms with Gasteiger partial charge in [-0.25, -0.2) is 9.67 Å². The molecule has 2 aromatic rings. The van der Waals surface area contributed by atoms with Crippen LogP contribution in [0.15, 0.2) is 30.9 Å². The van der Waals surface area contributed by atoms with Crippen molar-refractivity contribution in [1.29, 1.82) is 0 Å². The lowest BCUT2D eigenvalue weighted by molar-refractivity contribution is 0.734. The van der Waals surface area contributed by atoms with Crippen LogP contribution in [0.25, 0.3) is 5.69 Å². The summed E-state index contributed by atoms with van der Waals surface area (Å²) < 4.78 is 1.75. The van der Waals surface area contributed by atoms with Crippen molar-refractivity contribution in [3.8, 4) is 5.69 Å². The molecule has 0 aliphatic carbocycles. The predicted octanol–water partition coefficient (Wildman–Crippen LogP) is 1.47. The van der Waals surface area contributed by atoms with E-state index in [1.54, 1.807) is 11.0 Å². The van der Waals surface area contributed by atoms with Gasteiger partial charge in [0.2, 0.25) is 0 Å². The highest BCUT2D eigenvalue weighted by Crippen LogP contribution is 2.15. The largest absolute Gasteiger partial charge is 0.328 e. The third-order valence-corrected chi connectivity index (χ3v) is 2.55. The quantitative estimate of drug-likeness (QED) is 0.845. The summed E-state index contributed by atoms with van der Waals surface area (Å²) in [6, 6.07) is 6.44. The predicted molar refractivity (Wildman–Crippen MR) is 63.4 cm³/mol. The van der Waals surface area contributed by atoms with E-state index in [2.05, 4.69) is 29.1 Å². The Morgan fingerprint density at radius 1 is 1.44 bits per heavy atom. The van der Waals surface area contributed by atoms with E-state index in [9.17, 15) is 0 Å². The minimum absolute atomic E-state index is 0.191. The van der Waals surface area contributed by atoms with Crippen molar-refractivity contribution in [2.24, 2.45) is 5.73 Å². The molecule has 0 aliphatic rings. The van der Waals surface area contributed by atoms with Gasteiger partial charge in [0.05, 0.1) is 5.69 Å². The van der Waals surface area contributed by atoms with E-state index in [0.29, 0.717) is 0 Å². The van der Waals surface area contributed by atoms with Crippen LogP contribution in [0.2, 0.25) is 0 Å². The first-order valence-corrected chi connectivity index (χ1v) is 5.37. The molecule has 0 amide bonds. The minimum Gasteiger partial charge on any atom is -0.328 e. The van der Waals surface area contributed by atoms with Gasteiger partial charge in [-0.3, -0.25) is 0 Å². The van der Waals surface area contributed by atoms with E-state index in [1.807, 2.05) is 13.0 Å².